The lowest BCUT2D eigenvalue weighted by Gasteiger charge is -2.09. The summed E-state index contributed by atoms with van der Waals surface area (Å²) in [5.41, 5.74) is 0. The molecule has 0 aliphatic heterocycles. The summed E-state index contributed by atoms with van der Waals surface area (Å²) in [5.74, 6) is 0.123. The number of hydrogen-bond donors (Lipinski definition) is 1. The van der Waals surface area contributed by atoms with Crippen molar-refractivity contribution in [1.82, 2.24) is 0 Å². The Bertz CT molecular complexity index is 713. The highest BCUT2D eigenvalue weighted by molar-refractivity contribution is 7.86. The van der Waals surface area contributed by atoms with Gasteiger partial charge in [-0.25, -0.2) is 0 Å². The molecule has 0 fully saturated rings. The number of hydrogen-bond acceptors (Lipinski definition) is 4. The van der Waals surface area contributed by atoms with Gasteiger partial charge in [-0.15, -0.1) is 0 Å². The Kier molecular flexibility index (Phi) is 4.39. The van der Waals surface area contributed by atoms with E-state index in [0.717, 1.165) is 6.07 Å². The molecule has 5 nitrogen and oxygen atoms in total. The molecule has 0 radical (unpaired) electrons. The molecule has 0 saturated carbocycles. The van der Waals surface area contributed by atoms with Crippen molar-refractivity contribution in [2.45, 2.75) is 4.90 Å². The third-order valence-corrected chi connectivity index (χ3v) is 3.59. The van der Waals surface area contributed by atoms with Gasteiger partial charge in [0, 0.05) is 10.0 Å². The summed E-state index contributed by atoms with van der Waals surface area (Å²) >= 11 is 11.4. The van der Waals surface area contributed by atoms with E-state index in [9.17, 15) is 8.42 Å². The van der Waals surface area contributed by atoms with Crippen molar-refractivity contribution in [2.24, 2.45) is 0 Å². The Morgan fingerprint density at radius 3 is 2.10 bits per heavy atom. The minimum atomic E-state index is -4.48. The maximum Gasteiger partial charge on any atom is 0.298 e. The first-order valence-corrected chi connectivity index (χ1v) is 7.43. The Morgan fingerprint density at radius 2 is 1.50 bits per heavy atom. The van der Waals surface area contributed by atoms with Crippen LogP contribution in [0.15, 0.2) is 47.4 Å². The fourth-order valence-corrected chi connectivity index (χ4v) is 2.33. The zero-order chi connectivity index (χ0) is 14.8. The van der Waals surface area contributed by atoms with E-state index in [0.29, 0.717) is 10.8 Å². The Morgan fingerprint density at radius 1 is 0.900 bits per heavy atom. The van der Waals surface area contributed by atoms with Crippen molar-refractivity contribution in [3.05, 3.63) is 52.5 Å². The molecule has 0 aromatic heterocycles. The third-order valence-electron chi connectivity index (χ3n) is 2.22. The third kappa shape index (κ3) is 3.77. The van der Waals surface area contributed by atoms with Crippen LogP contribution >= 0.6 is 23.2 Å². The van der Waals surface area contributed by atoms with Crippen molar-refractivity contribution in [1.29, 1.82) is 0 Å². The van der Waals surface area contributed by atoms with Crippen LogP contribution in [0.1, 0.15) is 0 Å². The normalized spacial score (nSPS) is 11.2. The maximum atomic E-state index is 11.2. The minimum absolute atomic E-state index is 0.136. The smallest absolute Gasteiger partial charge is 0.290 e. The second kappa shape index (κ2) is 5.88. The summed E-state index contributed by atoms with van der Waals surface area (Å²) in [6, 6.07) is 9.93. The van der Waals surface area contributed by atoms with E-state index in [2.05, 4.69) is 0 Å². The summed E-state index contributed by atoms with van der Waals surface area (Å²) in [5, 5.41) is 0.652. The molecule has 0 heterocycles. The fourth-order valence-electron chi connectivity index (χ4n) is 1.34. The van der Waals surface area contributed by atoms with Crippen LogP contribution in [-0.2, 0) is 10.1 Å². The second-order valence-corrected chi connectivity index (χ2v) is 5.95. The highest BCUT2D eigenvalue weighted by Gasteiger charge is 2.18. The summed E-state index contributed by atoms with van der Waals surface area (Å²) in [6.45, 7) is 0. The van der Waals surface area contributed by atoms with E-state index in [-0.39, 0.29) is 10.8 Å². The second-order valence-electron chi connectivity index (χ2n) is 3.69. The number of rotatable bonds is 4. The lowest BCUT2D eigenvalue weighted by atomic mass is 10.3. The van der Waals surface area contributed by atoms with Crippen LogP contribution in [0, 0.1) is 0 Å². The van der Waals surface area contributed by atoms with Gasteiger partial charge in [-0.3, -0.25) is 14.3 Å². The zero-order valence-electron chi connectivity index (χ0n) is 9.79. The Hall–Kier alpha value is -1.47. The molecule has 20 heavy (non-hydrogen) atoms. The molecule has 2 aromatic rings. The predicted octanol–water partition coefficient (Wildman–Crippen LogP) is 3.61. The van der Waals surface area contributed by atoms with Gasteiger partial charge in [0.15, 0.2) is 11.5 Å². The summed E-state index contributed by atoms with van der Waals surface area (Å²) in [4.78, 5) is 9.36. The molecule has 0 amide bonds. The van der Waals surface area contributed by atoms with E-state index in [1.165, 1.54) is 24.3 Å². The topological polar surface area (TPSA) is 72.8 Å². The standard InChI is InChI=1S/C12H8Cl2O5S/c13-8-1-4-10(5-2-8)18-19-11-6-3-9(14)7-12(11)20(15,16)17/h1-7H,(H,15,16,17). The molecule has 0 aliphatic carbocycles. The molecule has 0 unspecified atom stereocenters. The van der Waals surface area contributed by atoms with Crippen LogP contribution < -0.4 is 9.78 Å². The van der Waals surface area contributed by atoms with Gasteiger partial charge in [-0.05, 0) is 42.5 Å². The molecule has 0 aliphatic rings. The van der Waals surface area contributed by atoms with Crippen molar-refractivity contribution < 1.29 is 22.7 Å². The largest absolute Gasteiger partial charge is 0.298 e. The van der Waals surface area contributed by atoms with Gasteiger partial charge in [-0.2, -0.15) is 8.42 Å². The van der Waals surface area contributed by atoms with Gasteiger partial charge in [0.1, 0.15) is 4.90 Å². The molecule has 1 N–H and O–H groups in total. The van der Waals surface area contributed by atoms with Gasteiger partial charge < -0.3 is 0 Å². The van der Waals surface area contributed by atoms with E-state index in [1.54, 1.807) is 12.1 Å². The molecule has 0 saturated heterocycles. The molecular formula is C12H8Cl2O5S. The molecule has 0 atom stereocenters. The van der Waals surface area contributed by atoms with E-state index >= 15 is 0 Å². The van der Waals surface area contributed by atoms with Gasteiger partial charge in [-0.1, -0.05) is 23.2 Å². The highest BCUT2D eigenvalue weighted by atomic mass is 35.5. The van der Waals surface area contributed by atoms with Gasteiger partial charge in [0.2, 0.25) is 0 Å². The molecule has 0 bridgehead atoms. The van der Waals surface area contributed by atoms with Crippen molar-refractivity contribution >= 4 is 33.3 Å². The molecule has 2 rings (SSSR count). The van der Waals surface area contributed by atoms with Gasteiger partial charge in [0.05, 0.1) is 0 Å². The van der Waals surface area contributed by atoms with E-state index in [4.69, 9.17) is 37.5 Å². The molecular weight excluding hydrogens is 327 g/mol. The Balaban J connectivity index is 2.23. The zero-order valence-corrected chi connectivity index (χ0v) is 12.1. The quantitative estimate of drug-likeness (QED) is 0.525. The van der Waals surface area contributed by atoms with E-state index in [1.807, 2.05) is 0 Å². The maximum absolute atomic E-state index is 11.2. The first-order chi connectivity index (χ1) is 9.36. The van der Waals surface area contributed by atoms with Crippen LogP contribution in [0.25, 0.3) is 0 Å². The molecule has 0 spiro atoms. The average molecular weight is 335 g/mol. The SMILES string of the molecule is O=S(=O)(O)c1cc(Cl)ccc1OOc1ccc(Cl)cc1. The monoisotopic (exact) mass is 334 g/mol. The molecule has 2 aromatic carbocycles. The summed E-state index contributed by atoms with van der Waals surface area (Å²) < 4.78 is 31.5. The van der Waals surface area contributed by atoms with Crippen LogP contribution in [0.5, 0.6) is 11.5 Å². The highest BCUT2D eigenvalue weighted by Crippen LogP contribution is 2.28. The molecule has 106 valence electrons. The first kappa shape index (κ1) is 14.9. The lowest BCUT2D eigenvalue weighted by Crippen LogP contribution is -2.06. The van der Waals surface area contributed by atoms with Crippen molar-refractivity contribution in [3.63, 3.8) is 0 Å². The predicted molar refractivity (Wildman–Crippen MR) is 74.0 cm³/mol. The van der Waals surface area contributed by atoms with Crippen LogP contribution in [0.3, 0.4) is 0 Å². The summed E-state index contributed by atoms with van der Waals surface area (Å²) in [6.07, 6.45) is 0. The van der Waals surface area contributed by atoms with Gasteiger partial charge >= 0.3 is 0 Å². The van der Waals surface area contributed by atoms with Crippen LogP contribution in [0.4, 0.5) is 0 Å². The number of benzene rings is 2. The van der Waals surface area contributed by atoms with E-state index < -0.39 is 15.0 Å². The van der Waals surface area contributed by atoms with Gasteiger partial charge in [0.25, 0.3) is 10.1 Å². The summed E-state index contributed by atoms with van der Waals surface area (Å²) in [7, 11) is -4.48. The fraction of sp³-hybridized carbons (Fsp3) is 0. The van der Waals surface area contributed by atoms with Crippen LogP contribution in [-0.4, -0.2) is 13.0 Å². The Labute approximate surface area is 125 Å². The first-order valence-electron chi connectivity index (χ1n) is 5.23. The molecule has 8 heteroatoms. The van der Waals surface area contributed by atoms with Crippen molar-refractivity contribution in [3.8, 4) is 11.5 Å². The minimum Gasteiger partial charge on any atom is -0.290 e. The number of halogens is 2. The van der Waals surface area contributed by atoms with Crippen molar-refractivity contribution in [2.75, 3.05) is 0 Å². The van der Waals surface area contributed by atoms with Crippen LogP contribution in [0.2, 0.25) is 10.0 Å². The lowest BCUT2D eigenvalue weighted by molar-refractivity contribution is -0.103. The average Bonchev–Trinajstić information content (AvgIpc) is 2.38.